The van der Waals surface area contributed by atoms with Crippen LogP contribution >= 0.6 is 24.0 Å². The van der Waals surface area contributed by atoms with E-state index >= 15 is 0 Å². The number of carbonyl (C=O) groups is 1. The molecule has 6 heteroatoms. The van der Waals surface area contributed by atoms with Crippen LogP contribution in [0.2, 0.25) is 0 Å². The highest BCUT2D eigenvalue weighted by Gasteiger charge is 2.23. The van der Waals surface area contributed by atoms with E-state index in [1.165, 1.54) is 12.8 Å². The molecule has 0 bridgehead atoms. The molecule has 0 aromatic rings. The molecule has 1 aliphatic heterocycles. The number of rotatable bonds is 5. The molecule has 0 spiro atoms. The van der Waals surface area contributed by atoms with Gasteiger partial charge in [-0.2, -0.15) is 0 Å². The Balaban J connectivity index is 0.00000220. The summed E-state index contributed by atoms with van der Waals surface area (Å²) in [4.78, 5) is 18.2. The summed E-state index contributed by atoms with van der Waals surface area (Å²) < 4.78 is 0. The van der Waals surface area contributed by atoms with Crippen LogP contribution in [0.3, 0.4) is 0 Å². The van der Waals surface area contributed by atoms with E-state index in [2.05, 4.69) is 27.4 Å². The van der Waals surface area contributed by atoms with Gasteiger partial charge in [-0.05, 0) is 38.0 Å². The Morgan fingerprint density at radius 1 is 1.24 bits per heavy atom. The number of amides is 1. The molecule has 1 saturated carbocycles. The van der Waals surface area contributed by atoms with Crippen molar-refractivity contribution in [1.82, 2.24) is 15.5 Å². The third kappa shape index (κ3) is 6.84. The molecule has 2 aliphatic rings. The SMILES string of the molecule is CN=C(NCCCC(=O)NC1CC1)N1CCC(C)CC1.I. The summed E-state index contributed by atoms with van der Waals surface area (Å²) in [7, 11) is 1.83. The zero-order valence-corrected chi connectivity index (χ0v) is 15.6. The van der Waals surface area contributed by atoms with Gasteiger partial charge in [0, 0.05) is 39.1 Å². The maximum atomic E-state index is 11.6. The molecule has 2 N–H and O–H groups in total. The summed E-state index contributed by atoms with van der Waals surface area (Å²) in [5.41, 5.74) is 0. The Hall–Kier alpha value is -0.530. The number of hydrogen-bond donors (Lipinski definition) is 2. The minimum absolute atomic E-state index is 0. The Kier molecular flexibility index (Phi) is 8.36. The standard InChI is InChI=1S/C15H28N4O.HI/c1-12-7-10-19(11-8-12)15(16-2)17-9-3-4-14(20)18-13-5-6-13;/h12-13H,3-11H2,1-2H3,(H,16,17)(H,18,20);1H. The molecule has 122 valence electrons. The topological polar surface area (TPSA) is 56.7 Å². The average molecular weight is 408 g/mol. The third-order valence-corrected chi connectivity index (χ3v) is 4.10. The van der Waals surface area contributed by atoms with Gasteiger partial charge >= 0.3 is 0 Å². The summed E-state index contributed by atoms with van der Waals surface area (Å²) in [6.07, 6.45) is 6.27. The summed E-state index contributed by atoms with van der Waals surface area (Å²) in [6.45, 7) is 5.30. The average Bonchev–Trinajstić information content (AvgIpc) is 3.24. The van der Waals surface area contributed by atoms with Gasteiger partial charge in [-0.15, -0.1) is 24.0 Å². The van der Waals surface area contributed by atoms with Crippen molar-refractivity contribution < 1.29 is 4.79 Å². The number of nitrogens with zero attached hydrogens (tertiary/aromatic N) is 2. The van der Waals surface area contributed by atoms with Crippen LogP contribution in [0.15, 0.2) is 4.99 Å². The van der Waals surface area contributed by atoms with E-state index < -0.39 is 0 Å². The van der Waals surface area contributed by atoms with Crippen LogP contribution in [-0.2, 0) is 4.79 Å². The van der Waals surface area contributed by atoms with Crippen molar-refractivity contribution in [3.05, 3.63) is 0 Å². The van der Waals surface area contributed by atoms with Crippen LogP contribution in [0.25, 0.3) is 0 Å². The van der Waals surface area contributed by atoms with Gasteiger partial charge < -0.3 is 15.5 Å². The molecule has 1 amide bonds. The Bertz CT molecular complexity index is 350. The number of halogens is 1. The van der Waals surface area contributed by atoms with Crippen LogP contribution < -0.4 is 10.6 Å². The zero-order valence-electron chi connectivity index (χ0n) is 13.2. The number of guanidine groups is 1. The van der Waals surface area contributed by atoms with Crippen molar-refractivity contribution >= 4 is 35.8 Å². The predicted octanol–water partition coefficient (Wildman–Crippen LogP) is 1.97. The molecule has 0 aromatic heterocycles. The van der Waals surface area contributed by atoms with E-state index in [1.54, 1.807) is 0 Å². The van der Waals surface area contributed by atoms with Gasteiger partial charge in [-0.3, -0.25) is 9.79 Å². The summed E-state index contributed by atoms with van der Waals surface area (Å²) in [5.74, 6) is 2.01. The molecule has 2 fully saturated rings. The van der Waals surface area contributed by atoms with E-state index in [9.17, 15) is 4.79 Å². The van der Waals surface area contributed by atoms with Gasteiger partial charge in [0.1, 0.15) is 0 Å². The van der Waals surface area contributed by atoms with Crippen molar-refractivity contribution in [1.29, 1.82) is 0 Å². The molecule has 0 radical (unpaired) electrons. The first-order chi connectivity index (χ1) is 9.69. The summed E-state index contributed by atoms with van der Waals surface area (Å²) in [6, 6.07) is 0.471. The van der Waals surface area contributed by atoms with E-state index in [0.717, 1.165) is 50.8 Å². The van der Waals surface area contributed by atoms with E-state index in [4.69, 9.17) is 0 Å². The number of likely N-dealkylation sites (tertiary alicyclic amines) is 1. The second kappa shape index (κ2) is 9.48. The number of hydrogen-bond acceptors (Lipinski definition) is 2. The highest BCUT2D eigenvalue weighted by molar-refractivity contribution is 14.0. The first-order valence-corrected chi connectivity index (χ1v) is 7.94. The van der Waals surface area contributed by atoms with Crippen molar-refractivity contribution in [3.63, 3.8) is 0 Å². The highest BCUT2D eigenvalue weighted by Crippen LogP contribution is 2.18. The lowest BCUT2D eigenvalue weighted by Crippen LogP contribution is -2.45. The normalized spacial score (nSPS) is 19.9. The van der Waals surface area contributed by atoms with E-state index in [1.807, 2.05) is 7.05 Å². The molecule has 0 atom stereocenters. The Morgan fingerprint density at radius 2 is 1.90 bits per heavy atom. The minimum atomic E-state index is 0. The van der Waals surface area contributed by atoms with E-state index in [-0.39, 0.29) is 29.9 Å². The first-order valence-electron chi connectivity index (χ1n) is 7.94. The Morgan fingerprint density at radius 3 is 2.48 bits per heavy atom. The fourth-order valence-electron chi connectivity index (χ4n) is 2.53. The van der Waals surface area contributed by atoms with E-state index in [0.29, 0.717) is 12.5 Å². The molecular weight excluding hydrogens is 379 g/mol. The maximum absolute atomic E-state index is 11.6. The van der Waals surface area contributed by atoms with Crippen molar-refractivity contribution in [2.24, 2.45) is 10.9 Å². The molecule has 2 rings (SSSR count). The van der Waals surface area contributed by atoms with Gasteiger partial charge in [0.25, 0.3) is 0 Å². The summed E-state index contributed by atoms with van der Waals surface area (Å²) in [5, 5.41) is 6.39. The molecular formula is C15H29IN4O. The van der Waals surface area contributed by atoms with Gasteiger partial charge in [-0.25, -0.2) is 0 Å². The zero-order chi connectivity index (χ0) is 14.4. The van der Waals surface area contributed by atoms with Crippen molar-refractivity contribution in [2.45, 2.75) is 51.5 Å². The lowest BCUT2D eigenvalue weighted by atomic mass is 10.00. The first kappa shape index (κ1) is 18.5. The fourth-order valence-corrected chi connectivity index (χ4v) is 2.53. The summed E-state index contributed by atoms with van der Waals surface area (Å²) >= 11 is 0. The molecule has 1 aliphatic carbocycles. The smallest absolute Gasteiger partial charge is 0.220 e. The van der Waals surface area contributed by atoms with Crippen LogP contribution in [0.4, 0.5) is 0 Å². The lowest BCUT2D eigenvalue weighted by molar-refractivity contribution is -0.121. The molecule has 1 saturated heterocycles. The van der Waals surface area contributed by atoms with Crippen LogP contribution in [-0.4, -0.2) is 49.5 Å². The van der Waals surface area contributed by atoms with Gasteiger partial charge in [-0.1, -0.05) is 6.92 Å². The molecule has 0 aromatic carbocycles. The second-order valence-electron chi connectivity index (χ2n) is 6.09. The molecule has 1 heterocycles. The Labute approximate surface area is 145 Å². The third-order valence-electron chi connectivity index (χ3n) is 4.10. The number of aliphatic imine (C=N–C) groups is 1. The van der Waals surface area contributed by atoms with Crippen LogP contribution in [0, 0.1) is 5.92 Å². The van der Waals surface area contributed by atoms with Crippen LogP contribution in [0.1, 0.15) is 45.4 Å². The van der Waals surface area contributed by atoms with Crippen molar-refractivity contribution in [3.8, 4) is 0 Å². The number of piperidine rings is 1. The monoisotopic (exact) mass is 408 g/mol. The minimum Gasteiger partial charge on any atom is -0.356 e. The van der Waals surface area contributed by atoms with Gasteiger partial charge in [0.05, 0.1) is 0 Å². The quantitative estimate of drug-likeness (QED) is 0.317. The highest BCUT2D eigenvalue weighted by atomic mass is 127. The number of nitrogens with one attached hydrogen (secondary N) is 2. The van der Waals surface area contributed by atoms with Crippen LogP contribution in [0.5, 0.6) is 0 Å². The van der Waals surface area contributed by atoms with Gasteiger partial charge in [0.2, 0.25) is 5.91 Å². The largest absolute Gasteiger partial charge is 0.356 e. The molecule has 5 nitrogen and oxygen atoms in total. The molecule has 0 unspecified atom stereocenters. The fraction of sp³-hybridized carbons (Fsp3) is 0.867. The predicted molar refractivity (Wildman–Crippen MR) is 97.1 cm³/mol. The second-order valence-corrected chi connectivity index (χ2v) is 6.09. The number of carbonyl (C=O) groups excluding carboxylic acids is 1. The van der Waals surface area contributed by atoms with Gasteiger partial charge in [0.15, 0.2) is 5.96 Å². The molecule has 21 heavy (non-hydrogen) atoms. The van der Waals surface area contributed by atoms with Crippen molar-refractivity contribution in [2.75, 3.05) is 26.7 Å². The lowest BCUT2D eigenvalue weighted by Gasteiger charge is -2.32. The maximum Gasteiger partial charge on any atom is 0.220 e.